The van der Waals surface area contributed by atoms with Gasteiger partial charge in [-0.05, 0) is 63.4 Å². The third-order valence-corrected chi connectivity index (χ3v) is 10.4. The minimum absolute atomic E-state index is 0.0250. The van der Waals surface area contributed by atoms with Crippen molar-refractivity contribution in [2.75, 3.05) is 31.7 Å². The summed E-state index contributed by atoms with van der Waals surface area (Å²) >= 11 is 1.33. The van der Waals surface area contributed by atoms with E-state index in [-0.39, 0.29) is 31.7 Å². The second kappa shape index (κ2) is 27.2. The SMILES string of the molecule is CSCCC(NC(=O)C(N)C(C)O)C(=O)NC(CC(=O)O)C(=O)NC(C(=O)NC(CC(C)C)C(=O)NC(C(=O)NCC(=O)NC(CO)C(=O)N1CCCC1C(=O)O)C(C)O)C(C)C. The molecule has 0 aromatic rings. The van der Waals surface area contributed by atoms with Gasteiger partial charge >= 0.3 is 11.9 Å². The molecule has 10 atom stereocenters. The van der Waals surface area contributed by atoms with Gasteiger partial charge in [0.05, 0.1) is 31.8 Å². The molecule has 63 heavy (non-hydrogen) atoms. The fraction of sp³-hybridized carbons (Fsp3) is 0.737. The Morgan fingerprint density at radius 3 is 1.76 bits per heavy atom. The van der Waals surface area contributed by atoms with Crippen molar-refractivity contribution in [2.45, 2.75) is 134 Å². The molecule has 1 aliphatic heterocycles. The fourth-order valence-electron chi connectivity index (χ4n) is 6.26. The van der Waals surface area contributed by atoms with E-state index in [1.165, 1.54) is 32.5 Å². The summed E-state index contributed by atoms with van der Waals surface area (Å²) in [5, 5.41) is 65.3. The second-order valence-corrected chi connectivity index (χ2v) is 16.9. The molecular weight excluding hydrogens is 855 g/mol. The standard InChI is InChI=1S/C38H65N9O15S/c1-17(2)13-22(32(55)46-30(20(6)50)35(58)40-15-26(51)41-24(16-48)37(60)47-11-8-9-25(47)38(61)62)44-36(59)29(18(3)4)45-33(56)23(14-27(52)53)43-31(54)21(10-12-63-7)42-34(57)28(39)19(5)49/h17-25,28-30,48-50H,8-16,39H2,1-7H3,(H,40,58)(H,41,51)(H,42,57)(H,43,54)(H,44,59)(H,45,56)(H,46,55)(H,52,53)(H,61,62). The van der Waals surface area contributed by atoms with E-state index in [0.717, 1.165) is 11.8 Å². The van der Waals surface area contributed by atoms with Crippen LogP contribution in [0.2, 0.25) is 0 Å². The Bertz CT molecular complexity index is 1630. The first kappa shape index (κ1) is 55.9. The van der Waals surface area contributed by atoms with E-state index in [1.807, 2.05) is 0 Å². The fourth-order valence-corrected chi connectivity index (χ4v) is 6.73. The van der Waals surface area contributed by atoms with Crippen LogP contribution >= 0.6 is 11.8 Å². The van der Waals surface area contributed by atoms with Crippen LogP contribution in [0.5, 0.6) is 0 Å². The van der Waals surface area contributed by atoms with Crippen molar-refractivity contribution in [1.82, 2.24) is 42.1 Å². The summed E-state index contributed by atoms with van der Waals surface area (Å²) in [6.07, 6.45) is -1.42. The number of carbonyl (C=O) groups excluding carboxylic acids is 8. The zero-order valence-corrected chi connectivity index (χ0v) is 37.4. The summed E-state index contributed by atoms with van der Waals surface area (Å²) in [4.78, 5) is 130. The third-order valence-electron chi connectivity index (χ3n) is 9.79. The van der Waals surface area contributed by atoms with Crippen molar-refractivity contribution in [3.8, 4) is 0 Å². The maximum absolute atomic E-state index is 13.7. The number of hydrogen-bond donors (Lipinski definition) is 13. The lowest BCUT2D eigenvalue weighted by Crippen LogP contribution is -2.62. The van der Waals surface area contributed by atoms with Gasteiger partial charge in [0, 0.05) is 6.54 Å². The van der Waals surface area contributed by atoms with Crippen LogP contribution in [0.4, 0.5) is 0 Å². The molecule has 1 heterocycles. The van der Waals surface area contributed by atoms with E-state index in [9.17, 15) is 73.5 Å². The number of carboxylic acid groups (broad SMARTS) is 2. The minimum Gasteiger partial charge on any atom is -0.481 e. The molecule has 1 fully saturated rings. The van der Waals surface area contributed by atoms with Crippen LogP contribution in [0.15, 0.2) is 0 Å². The molecule has 1 aliphatic rings. The molecule has 1 saturated heterocycles. The Morgan fingerprint density at radius 2 is 1.25 bits per heavy atom. The number of aliphatic hydroxyl groups is 3. The average molecular weight is 920 g/mol. The minimum atomic E-state index is -1.75. The molecule has 0 aromatic heterocycles. The number of thioether (sulfide) groups is 1. The van der Waals surface area contributed by atoms with Crippen molar-refractivity contribution >= 4 is 71.0 Å². The lowest BCUT2D eigenvalue weighted by atomic mass is 9.99. The predicted molar refractivity (Wildman–Crippen MR) is 225 cm³/mol. The Hall–Kier alpha value is -5.11. The molecule has 8 amide bonds. The first-order chi connectivity index (χ1) is 29.4. The quantitative estimate of drug-likeness (QED) is 0.0367. The smallest absolute Gasteiger partial charge is 0.326 e. The van der Waals surface area contributed by atoms with Crippen LogP contribution in [0, 0.1) is 11.8 Å². The van der Waals surface area contributed by atoms with E-state index in [4.69, 9.17) is 5.73 Å². The number of aliphatic hydroxyl groups excluding tert-OH is 3. The second-order valence-electron chi connectivity index (χ2n) is 16.0. The number of aliphatic carboxylic acids is 2. The molecule has 0 aromatic carbocycles. The molecule has 0 spiro atoms. The number of nitrogens with two attached hydrogens (primary N) is 1. The Balaban J connectivity index is 3.14. The maximum atomic E-state index is 13.7. The number of carboxylic acids is 2. The number of nitrogens with one attached hydrogen (secondary N) is 7. The van der Waals surface area contributed by atoms with Gasteiger partial charge in [-0.2, -0.15) is 11.8 Å². The van der Waals surface area contributed by atoms with Crippen LogP contribution in [0.3, 0.4) is 0 Å². The summed E-state index contributed by atoms with van der Waals surface area (Å²) in [5.74, 6) is -11.0. The van der Waals surface area contributed by atoms with Gasteiger partial charge in [-0.15, -0.1) is 0 Å². The van der Waals surface area contributed by atoms with Crippen LogP contribution in [-0.2, 0) is 47.9 Å². The highest BCUT2D eigenvalue weighted by Gasteiger charge is 2.39. The molecule has 0 bridgehead atoms. The van der Waals surface area contributed by atoms with Crippen molar-refractivity contribution < 1.29 is 73.5 Å². The lowest BCUT2D eigenvalue weighted by molar-refractivity contribution is -0.149. The number of likely N-dealkylation sites (tertiary alicyclic amines) is 1. The largest absolute Gasteiger partial charge is 0.481 e. The van der Waals surface area contributed by atoms with E-state index in [2.05, 4.69) is 37.2 Å². The molecule has 14 N–H and O–H groups in total. The van der Waals surface area contributed by atoms with Crippen molar-refractivity contribution in [3.05, 3.63) is 0 Å². The molecule has 0 aliphatic carbocycles. The first-order valence-corrected chi connectivity index (χ1v) is 21.8. The normalized spacial score (nSPS) is 18.0. The topological polar surface area (TPSA) is 385 Å². The molecule has 358 valence electrons. The first-order valence-electron chi connectivity index (χ1n) is 20.4. The zero-order valence-electron chi connectivity index (χ0n) is 36.5. The number of carbonyl (C=O) groups is 10. The highest BCUT2D eigenvalue weighted by molar-refractivity contribution is 7.98. The number of hydrogen-bond acceptors (Lipinski definition) is 15. The van der Waals surface area contributed by atoms with Gasteiger partial charge in [0.15, 0.2) is 0 Å². The van der Waals surface area contributed by atoms with E-state index < -0.39 is 145 Å². The van der Waals surface area contributed by atoms with Crippen molar-refractivity contribution in [3.63, 3.8) is 0 Å². The van der Waals surface area contributed by atoms with Crippen molar-refractivity contribution in [1.29, 1.82) is 0 Å². The number of nitrogens with zero attached hydrogens (tertiary/aromatic N) is 1. The molecule has 0 saturated carbocycles. The van der Waals surface area contributed by atoms with Gasteiger partial charge in [0.25, 0.3) is 0 Å². The highest BCUT2D eigenvalue weighted by Crippen LogP contribution is 2.18. The number of amides is 8. The lowest BCUT2D eigenvalue weighted by Gasteiger charge is -2.29. The van der Waals surface area contributed by atoms with Crippen LogP contribution < -0.4 is 43.0 Å². The van der Waals surface area contributed by atoms with Crippen molar-refractivity contribution in [2.24, 2.45) is 17.6 Å². The zero-order chi connectivity index (χ0) is 48.3. The maximum Gasteiger partial charge on any atom is 0.326 e. The average Bonchev–Trinajstić information content (AvgIpc) is 3.70. The summed E-state index contributed by atoms with van der Waals surface area (Å²) in [6, 6.07) is -11.6. The molecule has 0 radical (unpaired) electrons. The molecule has 25 heteroatoms. The summed E-state index contributed by atoms with van der Waals surface area (Å²) in [5.41, 5.74) is 5.69. The van der Waals surface area contributed by atoms with E-state index in [1.54, 1.807) is 20.1 Å². The van der Waals surface area contributed by atoms with Crippen LogP contribution in [0.25, 0.3) is 0 Å². The van der Waals surface area contributed by atoms with Gasteiger partial charge in [0.2, 0.25) is 47.3 Å². The summed E-state index contributed by atoms with van der Waals surface area (Å²) < 4.78 is 0. The van der Waals surface area contributed by atoms with Gasteiger partial charge < -0.3 is 73.4 Å². The van der Waals surface area contributed by atoms with Crippen LogP contribution in [-0.4, -0.2) is 182 Å². The van der Waals surface area contributed by atoms with E-state index >= 15 is 0 Å². The monoisotopic (exact) mass is 919 g/mol. The Kier molecular flexibility index (Phi) is 24.1. The summed E-state index contributed by atoms with van der Waals surface area (Å²) in [7, 11) is 0. The van der Waals surface area contributed by atoms with Gasteiger partial charge in [0.1, 0.15) is 48.3 Å². The van der Waals surface area contributed by atoms with Crippen LogP contribution in [0.1, 0.15) is 73.6 Å². The summed E-state index contributed by atoms with van der Waals surface area (Å²) in [6.45, 7) is 7.36. The molecular formula is C38H65N9O15S. The molecule has 24 nitrogen and oxygen atoms in total. The van der Waals surface area contributed by atoms with Gasteiger partial charge in [-0.3, -0.25) is 43.2 Å². The third kappa shape index (κ3) is 18.6. The van der Waals surface area contributed by atoms with Gasteiger partial charge in [-0.1, -0.05) is 27.7 Å². The Morgan fingerprint density at radius 1 is 0.698 bits per heavy atom. The van der Waals surface area contributed by atoms with Gasteiger partial charge in [-0.25, -0.2) is 4.79 Å². The number of rotatable bonds is 27. The molecule has 10 unspecified atom stereocenters. The molecule has 1 rings (SSSR count). The Labute approximate surface area is 369 Å². The van der Waals surface area contributed by atoms with E-state index in [0.29, 0.717) is 12.2 Å². The highest BCUT2D eigenvalue weighted by atomic mass is 32.2. The predicted octanol–water partition coefficient (Wildman–Crippen LogP) is -4.90.